The molecule has 4 rings (SSSR count). The van der Waals surface area contributed by atoms with Crippen LogP contribution in [0.1, 0.15) is 15.9 Å². The number of benzene rings is 1. The van der Waals surface area contributed by atoms with Crippen LogP contribution in [-0.4, -0.2) is 33.6 Å². The molecule has 1 aromatic carbocycles. The molecular weight excluding hydrogens is 383 g/mol. The maximum absolute atomic E-state index is 14.6. The fourth-order valence-corrected chi connectivity index (χ4v) is 3.71. The van der Waals surface area contributed by atoms with Gasteiger partial charge in [-0.1, -0.05) is 12.1 Å². The Kier molecular flexibility index (Phi) is 4.40. The number of hydrogen-bond donors (Lipinski definition) is 1. The molecule has 0 spiro atoms. The lowest BCUT2D eigenvalue weighted by molar-refractivity contribution is 0.103. The van der Waals surface area contributed by atoms with Crippen molar-refractivity contribution in [2.45, 2.75) is 0 Å². The summed E-state index contributed by atoms with van der Waals surface area (Å²) in [5.74, 6) is -1.51. The van der Waals surface area contributed by atoms with Gasteiger partial charge in [0.1, 0.15) is 5.65 Å². The van der Waals surface area contributed by atoms with Crippen molar-refractivity contribution in [3.63, 3.8) is 0 Å². The van der Waals surface area contributed by atoms with Crippen LogP contribution in [0.2, 0.25) is 0 Å². The number of fused-ring (bicyclic) bond motifs is 1. The molecule has 0 amide bonds. The van der Waals surface area contributed by atoms with Crippen molar-refractivity contribution in [3.8, 4) is 16.2 Å². The van der Waals surface area contributed by atoms with Crippen molar-refractivity contribution in [2.24, 2.45) is 0 Å². The number of aromatic nitrogens is 2. The van der Waals surface area contributed by atoms with Gasteiger partial charge in [-0.05, 0) is 29.6 Å². The van der Waals surface area contributed by atoms with Gasteiger partial charge in [0.2, 0.25) is 0 Å². The molecule has 0 aliphatic heterocycles. The Hall–Kier alpha value is -3.52. The van der Waals surface area contributed by atoms with E-state index in [0.29, 0.717) is 5.39 Å². The van der Waals surface area contributed by atoms with E-state index in [1.165, 1.54) is 42.8 Å². The minimum absolute atomic E-state index is 0.0514. The lowest BCUT2D eigenvalue weighted by atomic mass is 10.0. The molecule has 0 saturated carbocycles. The zero-order valence-corrected chi connectivity index (χ0v) is 15.4. The van der Waals surface area contributed by atoms with Crippen LogP contribution in [0.4, 0.5) is 9.18 Å². The van der Waals surface area contributed by atoms with Crippen LogP contribution in [0, 0.1) is 5.82 Å². The van der Waals surface area contributed by atoms with Gasteiger partial charge in [-0.2, -0.15) is 0 Å². The highest BCUT2D eigenvalue weighted by molar-refractivity contribution is 7.13. The molecular formula is C20H13FN2O4S. The van der Waals surface area contributed by atoms with Gasteiger partial charge >= 0.3 is 6.09 Å². The van der Waals surface area contributed by atoms with Crippen molar-refractivity contribution < 1.29 is 23.8 Å². The molecule has 0 aliphatic carbocycles. The van der Waals surface area contributed by atoms with Gasteiger partial charge < -0.3 is 9.84 Å². The predicted molar refractivity (Wildman–Crippen MR) is 103 cm³/mol. The third-order valence-electron chi connectivity index (χ3n) is 4.33. The predicted octanol–water partition coefficient (Wildman–Crippen LogP) is 4.67. The Balaban J connectivity index is 1.94. The largest absolute Gasteiger partial charge is 0.494 e. The van der Waals surface area contributed by atoms with E-state index in [9.17, 15) is 19.1 Å². The molecule has 1 N–H and O–H groups in total. The molecule has 4 aromatic rings. The highest BCUT2D eigenvalue weighted by atomic mass is 32.1. The third kappa shape index (κ3) is 2.84. The number of rotatable bonds is 4. The summed E-state index contributed by atoms with van der Waals surface area (Å²) >= 11 is 1.49. The maximum Gasteiger partial charge on any atom is 0.417 e. The van der Waals surface area contributed by atoms with Crippen LogP contribution in [0.15, 0.2) is 54.2 Å². The second kappa shape index (κ2) is 6.90. The molecule has 0 fully saturated rings. The molecule has 0 saturated heterocycles. The number of carbonyl (C=O) groups excluding carboxylic acids is 1. The van der Waals surface area contributed by atoms with Crippen molar-refractivity contribution in [3.05, 3.63) is 71.1 Å². The molecule has 140 valence electrons. The fraction of sp³-hybridized carbons (Fsp3) is 0.0500. The maximum atomic E-state index is 14.6. The van der Waals surface area contributed by atoms with E-state index in [1.54, 1.807) is 12.3 Å². The minimum atomic E-state index is -1.29. The number of ketones is 1. The summed E-state index contributed by atoms with van der Waals surface area (Å²) in [5, 5.41) is 11.7. The Morgan fingerprint density at radius 3 is 2.71 bits per heavy atom. The molecule has 3 heterocycles. The number of methoxy groups -OCH3 is 1. The molecule has 0 atom stereocenters. The summed E-state index contributed by atoms with van der Waals surface area (Å²) in [5.41, 5.74) is 0.700. The number of hydrogen-bond acceptors (Lipinski definition) is 5. The van der Waals surface area contributed by atoms with E-state index in [0.717, 1.165) is 15.0 Å². The van der Waals surface area contributed by atoms with Crippen LogP contribution >= 0.6 is 11.3 Å². The van der Waals surface area contributed by atoms with E-state index in [4.69, 9.17) is 4.74 Å². The molecule has 0 aliphatic rings. The van der Waals surface area contributed by atoms with Crippen molar-refractivity contribution in [2.75, 3.05) is 7.11 Å². The molecule has 6 nitrogen and oxygen atoms in total. The quantitative estimate of drug-likeness (QED) is 0.507. The van der Waals surface area contributed by atoms with Crippen LogP contribution in [0.5, 0.6) is 5.75 Å². The minimum Gasteiger partial charge on any atom is -0.494 e. The van der Waals surface area contributed by atoms with Crippen molar-refractivity contribution in [1.29, 1.82) is 0 Å². The molecule has 3 aromatic heterocycles. The first-order valence-corrected chi connectivity index (χ1v) is 9.04. The first kappa shape index (κ1) is 17.9. The van der Waals surface area contributed by atoms with E-state index >= 15 is 0 Å². The van der Waals surface area contributed by atoms with E-state index < -0.39 is 17.7 Å². The zero-order valence-electron chi connectivity index (χ0n) is 14.5. The number of nitrogens with zero attached hydrogens (tertiary/aromatic N) is 2. The second-order valence-corrected chi connectivity index (χ2v) is 6.87. The summed E-state index contributed by atoms with van der Waals surface area (Å²) in [7, 11) is 1.31. The standard InChI is InChI=1S/C20H13FN2O4S/c1-27-15-5-2-4-12(17(15)21)18(24)14-10-23(20(25)26)19-13(14)8-11(9-22-19)16-6-3-7-28-16/h2-10H,1H3,(H,25,26). The Morgan fingerprint density at radius 2 is 2.04 bits per heavy atom. The fourth-order valence-electron chi connectivity index (χ4n) is 3.00. The average Bonchev–Trinajstić information content (AvgIpc) is 3.35. The number of carbonyl (C=O) groups is 2. The lowest BCUT2D eigenvalue weighted by Gasteiger charge is -2.06. The molecule has 8 heteroatoms. The summed E-state index contributed by atoms with van der Waals surface area (Å²) in [6.45, 7) is 0. The number of carboxylic acid groups (broad SMARTS) is 1. The van der Waals surface area contributed by atoms with E-state index in [-0.39, 0.29) is 22.5 Å². The first-order valence-electron chi connectivity index (χ1n) is 8.16. The monoisotopic (exact) mass is 396 g/mol. The SMILES string of the molecule is COc1cccc(C(=O)c2cn(C(=O)O)c3ncc(-c4cccs4)cc23)c1F. The Bertz CT molecular complexity index is 1210. The normalized spacial score (nSPS) is 10.9. The van der Waals surface area contributed by atoms with Crippen LogP contribution in [0.3, 0.4) is 0 Å². The molecule has 28 heavy (non-hydrogen) atoms. The first-order chi connectivity index (χ1) is 13.5. The summed E-state index contributed by atoms with van der Waals surface area (Å²) in [6, 6.07) is 9.71. The highest BCUT2D eigenvalue weighted by Gasteiger charge is 2.24. The number of halogens is 1. The van der Waals surface area contributed by atoms with Crippen LogP contribution in [-0.2, 0) is 0 Å². The summed E-state index contributed by atoms with van der Waals surface area (Å²) in [4.78, 5) is 29.8. The van der Waals surface area contributed by atoms with Gasteiger partial charge in [0.25, 0.3) is 0 Å². The number of pyridine rings is 1. The van der Waals surface area contributed by atoms with Gasteiger partial charge in [-0.3, -0.25) is 4.79 Å². The van der Waals surface area contributed by atoms with Crippen molar-refractivity contribution >= 4 is 34.2 Å². The Morgan fingerprint density at radius 1 is 1.21 bits per heavy atom. The van der Waals surface area contributed by atoms with Gasteiger partial charge in [0.15, 0.2) is 17.3 Å². The highest BCUT2D eigenvalue weighted by Crippen LogP contribution is 2.31. The molecule has 0 radical (unpaired) electrons. The molecule has 0 bridgehead atoms. The molecule has 0 unspecified atom stereocenters. The van der Waals surface area contributed by atoms with Crippen LogP contribution < -0.4 is 4.74 Å². The second-order valence-electron chi connectivity index (χ2n) is 5.92. The van der Waals surface area contributed by atoms with E-state index in [1.807, 2.05) is 17.5 Å². The summed E-state index contributed by atoms with van der Waals surface area (Å²) < 4.78 is 20.4. The average molecular weight is 396 g/mol. The third-order valence-corrected chi connectivity index (χ3v) is 5.25. The number of ether oxygens (including phenoxy) is 1. The van der Waals surface area contributed by atoms with Crippen LogP contribution in [0.25, 0.3) is 21.5 Å². The van der Waals surface area contributed by atoms with E-state index in [2.05, 4.69) is 4.98 Å². The lowest BCUT2D eigenvalue weighted by Crippen LogP contribution is -2.08. The number of thiophene rings is 1. The topological polar surface area (TPSA) is 81.4 Å². The zero-order chi connectivity index (χ0) is 19.8. The van der Waals surface area contributed by atoms with Gasteiger partial charge in [-0.15, -0.1) is 11.3 Å². The van der Waals surface area contributed by atoms with Crippen molar-refractivity contribution in [1.82, 2.24) is 9.55 Å². The van der Waals surface area contributed by atoms with Gasteiger partial charge in [0.05, 0.1) is 18.2 Å². The Labute approximate surface area is 162 Å². The smallest absolute Gasteiger partial charge is 0.417 e. The summed E-state index contributed by atoms with van der Waals surface area (Å²) in [6.07, 6.45) is 1.43. The van der Waals surface area contributed by atoms with Gasteiger partial charge in [0, 0.05) is 28.2 Å². The van der Waals surface area contributed by atoms with Gasteiger partial charge in [-0.25, -0.2) is 18.7 Å².